The molecule has 2 rings (SSSR count). The third kappa shape index (κ3) is 1.66. The zero-order valence-electron chi connectivity index (χ0n) is 10.0. The smallest absolute Gasteiger partial charge is 0.315 e. The molecule has 2 aliphatic rings. The Morgan fingerprint density at radius 1 is 1.38 bits per heavy atom. The topological polar surface area (TPSA) is 44.8 Å². The lowest BCUT2D eigenvalue weighted by atomic mass is 9.75. The Morgan fingerprint density at radius 2 is 2.00 bits per heavy atom. The van der Waals surface area contributed by atoms with E-state index in [0.29, 0.717) is 26.1 Å². The van der Waals surface area contributed by atoms with Crippen molar-refractivity contribution in [2.24, 2.45) is 5.41 Å². The summed E-state index contributed by atoms with van der Waals surface area (Å²) in [7, 11) is 1.42. The molecule has 0 bridgehead atoms. The summed E-state index contributed by atoms with van der Waals surface area (Å²) in [6.45, 7) is 5.09. The van der Waals surface area contributed by atoms with E-state index in [0.717, 1.165) is 5.57 Å². The van der Waals surface area contributed by atoms with Crippen molar-refractivity contribution >= 4 is 5.97 Å². The molecule has 0 aromatic carbocycles. The molecule has 1 spiro atoms. The van der Waals surface area contributed by atoms with E-state index >= 15 is 0 Å². The van der Waals surface area contributed by atoms with Gasteiger partial charge >= 0.3 is 5.97 Å². The van der Waals surface area contributed by atoms with Gasteiger partial charge in [0.05, 0.1) is 25.7 Å². The summed E-state index contributed by atoms with van der Waals surface area (Å²) in [5, 5.41) is 0. The molecule has 1 aliphatic carbocycles. The maximum Gasteiger partial charge on any atom is 0.315 e. The molecule has 4 heteroatoms. The first kappa shape index (κ1) is 11.6. The van der Waals surface area contributed by atoms with Crippen molar-refractivity contribution in [1.29, 1.82) is 0 Å². The van der Waals surface area contributed by atoms with Crippen LogP contribution >= 0.6 is 0 Å². The van der Waals surface area contributed by atoms with Crippen LogP contribution in [0.5, 0.6) is 0 Å². The Labute approximate surface area is 95.6 Å². The van der Waals surface area contributed by atoms with Crippen LogP contribution in [-0.4, -0.2) is 32.1 Å². The minimum absolute atomic E-state index is 0.195. The van der Waals surface area contributed by atoms with E-state index in [1.165, 1.54) is 7.11 Å². The van der Waals surface area contributed by atoms with E-state index in [-0.39, 0.29) is 5.97 Å². The number of carbonyl (C=O) groups excluding carboxylic acids is 1. The van der Waals surface area contributed by atoms with Crippen molar-refractivity contribution in [3.63, 3.8) is 0 Å². The first-order valence-corrected chi connectivity index (χ1v) is 5.59. The minimum Gasteiger partial charge on any atom is -0.468 e. The third-order valence-electron chi connectivity index (χ3n) is 3.51. The second kappa shape index (κ2) is 3.86. The summed E-state index contributed by atoms with van der Waals surface area (Å²) in [4.78, 5) is 11.7. The molecule has 0 aromatic heterocycles. The van der Waals surface area contributed by atoms with Gasteiger partial charge in [-0.2, -0.15) is 0 Å². The standard InChI is InChI=1S/C12H18O4/c1-9-8-11(2,10(13)14-3)4-5-12(9)15-6-7-16-12/h8H,4-7H2,1-3H3. The van der Waals surface area contributed by atoms with E-state index in [2.05, 4.69) is 0 Å². The van der Waals surface area contributed by atoms with Gasteiger partial charge in [-0.3, -0.25) is 4.79 Å². The fourth-order valence-corrected chi connectivity index (χ4v) is 2.50. The Kier molecular flexibility index (Phi) is 2.80. The van der Waals surface area contributed by atoms with Gasteiger partial charge in [0, 0.05) is 6.42 Å². The van der Waals surface area contributed by atoms with E-state index in [9.17, 15) is 4.79 Å². The second-order valence-electron chi connectivity index (χ2n) is 4.69. The molecule has 0 aromatic rings. The molecule has 1 fully saturated rings. The highest BCUT2D eigenvalue weighted by Gasteiger charge is 2.47. The zero-order valence-corrected chi connectivity index (χ0v) is 10.0. The zero-order chi connectivity index (χ0) is 11.8. The van der Waals surface area contributed by atoms with Gasteiger partial charge < -0.3 is 14.2 Å². The molecule has 1 atom stereocenters. The van der Waals surface area contributed by atoms with Crippen LogP contribution in [0.15, 0.2) is 11.6 Å². The van der Waals surface area contributed by atoms with Gasteiger partial charge in [0.2, 0.25) is 0 Å². The fraction of sp³-hybridized carbons (Fsp3) is 0.750. The average molecular weight is 226 g/mol. The van der Waals surface area contributed by atoms with Crippen molar-refractivity contribution in [3.05, 3.63) is 11.6 Å². The number of hydrogen-bond acceptors (Lipinski definition) is 4. The van der Waals surface area contributed by atoms with Gasteiger partial charge in [-0.05, 0) is 25.8 Å². The summed E-state index contributed by atoms with van der Waals surface area (Å²) in [6.07, 6.45) is 3.32. The summed E-state index contributed by atoms with van der Waals surface area (Å²) in [5.41, 5.74) is 0.434. The molecule has 16 heavy (non-hydrogen) atoms. The number of methoxy groups -OCH3 is 1. The van der Waals surface area contributed by atoms with E-state index in [1.807, 2.05) is 19.9 Å². The fourth-order valence-electron chi connectivity index (χ4n) is 2.50. The molecule has 1 aliphatic heterocycles. The maximum atomic E-state index is 11.7. The molecule has 0 radical (unpaired) electrons. The molecule has 0 saturated carbocycles. The van der Waals surface area contributed by atoms with Crippen molar-refractivity contribution in [3.8, 4) is 0 Å². The van der Waals surface area contributed by atoms with Gasteiger partial charge in [0.25, 0.3) is 0 Å². The number of esters is 1. The number of hydrogen-bond donors (Lipinski definition) is 0. The summed E-state index contributed by atoms with van der Waals surface area (Å²) < 4.78 is 16.1. The van der Waals surface area contributed by atoms with Crippen molar-refractivity contribution in [1.82, 2.24) is 0 Å². The number of ether oxygens (including phenoxy) is 3. The summed E-state index contributed by atoms with van der Waals surface area (Å²) >= 11 is 0. The Morgan fingerprint density at radius 3 is 2.50 bits per heavy atom. The van der Waals surface area contributed by atoms with Gasteiger partial charge in [-0.25, -0.2) is 0 Å². The molecule has 1 saturated heterocycles. The van der Waals surface area contributed by atoms with Crippen LogP contribution in [0.1, 0.15) is 26.7 Å². The molecule has 1 heterocycles. The van der Waals surface area contributed by atoms with Crippen LogP contribution in [0.25, 0.3) is 0 Å². The van der Waals surface area contributed by atoms with Crippen molar-refractivity contribution in [2.75, 3.05) is 20.3 Å². The molecule has 4 nitrogen and oxygen atoms in total. The van der Waals surface area contributed by atoms with Crippen LogP contribution in [0.2, 0.25) is 0 Å². The summed E-state index contributed by atoms with van der Waals surface area (Å²) in [5.74, 6) is -0.771. The number of rotatable bonds is 1. The highest BCUT2D eigenvalue weighted by Crippen LogP contribution is 2.44. The van der Waals surface area contributed by atoms with E-state index < -0.39 is 11.2 Å². The first-order valence-electron chi connectivity index (χ1n) is 5.59. The quantitative estimate of drug-likeness (QED) is 0.503. The molecule has 0 amide bonds. The second-order valence-corrected chi connectivity index (χ2v) is 4.69. The SMILES string of the molecule is COC(=O)C1(C)C=C(C)C2(CC1)OCCO2. The minimum atomic E-state index is -0.576. The lowest BCUT2D eigenvalue weighted by Crippen LogP contribution is -2.41. The molecule has 1 unspecified atom stereocenters. The third-order valence-corrected chi connectivity index (χ3v) is 3.51. The normalized spacial score (nSPS) is 32.6. The van der Waals surface area contributed by atoms with Gasteiger partial charge in [-0.1, -0.05) is 6.08 Å². The lowest BCUT2D eigenvalue weighted by molar-refractivity contribution is -0.159. The largest absolute Gasteiger partial charge is 0.468 e. The first-order chi connectivity index (χ1) is 7.52. The predicted octanol–water partition coefficient (Wildman–Crippen LogP) is 1.65. The van der Waals surface area contributed by atoms with Crippen LogP contribution in [0, 0.1) is 5.41 Å². The summed E-state index contributed by atoms with van der Waals surface area (Å²) in [6, 6.07) is 0. The van der Waals surface area contributed by atoms with Crippen molar-refractivity contribution in [2.45, 2.75) is 32.5 Å². The monoisotopic (exact) mass is 226 g/mol. The number of carbonyl (C=O) groups is 1. The lowest BCUT2D eigenvalue weighted by Gasteiger charge is -2.38. The average Bonchev–Trinajstić information content (AvgIpc) is 2.73. The molecular weight excluding hydrogens is 208 g/mol. The molecule has 0 N–H and O–H groups in total. The Bertz CT molecular complexity index is 328. The van der Waals surface area contributed by atoms with Crippen LogP contribution in [0.3, 0.4) is 0 Å². The van der Waals surface area contributed by atoms with Crippen LogP contribution < -0.4 is 0 Å². The maximum absolute atomic E-state index is 11.7. The van der Waals surface area contributed by atoms with Crippen LogP contribution in [0.4, 0.5) is 0 Å². The molecular formula is C12H18O4. The highest BCUT2D eigenvalue weighted by molar-refractivity contribution is 5.79. The van der Waals surface area contributed by atoms with Gasteiger partial charge in [0.1, 0.15) is 0 Å². The van der Waals surface area contributed by atoms with Crippen molar-refractivity contribution < 1.29 is 19.0 Å². The Balaban J connectivity index is 2.26. The van der Waals surface area contributed by atoms with Gasteiger partial charge in [0.15, 0.2) is 5.79 Å². The van der Waals surface area contributed by atoms with E-state index in [1.54, 1.807) is 0 Å². The Hall–Kier alpha value is -0.870. The highest BCUT2D eigenvalue weighted by atomic mass is 16.7. The van der Waals surface area contributed by atoms with E-state index in [4.69, 9.17) is 14.2 Å². The molecule has 90 valence electrons. The van der Waals surface area contributed by atoms with Gasteiger partial charge in [-0.15, -0.1) is 0 Å². The predicted molar refractivity (Wildman–Crippen MR) is 57.7 cm³/mol. The van der Waals surface area contributed by atoms with Crippen LogP contribution in [-0.2, 0) is 19.0 Å².